The number of nitrogens with zero attached hydrogens (tertiary/aromatic N) is 4. The van der Waals surface area contributed by atoms with E-state index in [-0.39, 0.29) is 72.5 Å². The quantitative estimate of drug-likeness (QED) is 0.357. The Bertz CT molecular complexity index is 864. The standard InChI is InChI=1S/C24H39N6O4.H3P.Y/c1-4-6-10-23(25)15-27-13-9-19(30(27)21(23)33)20(32)14-26-24(11-7-5-2)16-28-12-8-18(17(3)31)29(28)22(24)34;;/h18-19,25-26H,4-16H2,1-3H3;1H3;/q-1;;. The van der Waals surface area contributed by atoms with Crippen LogP contribution in [0.1, 0.15) is 72.1 Å². The molecule has 0 aromatic heterocycles. The topological polar surface area (TPSA) is 117 Å². The van der Waals surface area contributed by atoms with E-state index in [1.54, 1.807) is 5.01 Å². The zero-order valence-electron chi connectivity index (χ0n) is 22.1. The molecule has 36 heavy (non-hydrogen) atoms. The van der Waals surface area contributed by atoms with Gasteiger partial charge in [0.1, 0.15) is 17.6 Å². The SMILES string of the molecule is CCCCC1([NH-])CN2CCC(C(=O)CNC3(CCCC)CN4CCC(C(C)=O)N4C3=O)N2C1=O.P.[Y]. The van der Waals surface area contributed by atoms with Crippen LogP contribution < -0.4 is 5.32 Å². The number of carbonyl (C=O) groups excluding carboxylic acids is 4. The summed E-state index contributed by atoms with van der Waals surface area (Å²) in [6.45, 7) is 7.67. The van der Waals surface area contributed by atoms with Crippen LogP contribution in [0.5, 0.6) is 0 Å². The second-order valence-corrected chi connectivity index (χ2v) is 10.5. The van der Waals surface area contributed by atoms with Gasteiger partial charge in [0, 0.05) is 58.9 Å². The summed E-state index contributed by atoms with van der Waals surface area (Å²) in [7, 11) is 0. The first-order valence-electron chi connectivity index (χ1n) is 12.9. The first kappa shape index (κ1) is 31.9. The maximum absolute atomic E-state index is 13.5. The van der Waals surface area contributed by atoms with Crippen LogP contribution in [0.2, 0.25) is 0 Å². The molecule has 4 heterocycles. The third-order valence-corrected chi connectivity index (χ3v) is 8.02. The minimum Gasteiger partial charge on any atom is -0.663 e. The fourth-order valence-corrected chi connectivity index (χ4v) is 6.04. The summed E-state index contributed by atoms with van der Waals surface area (Å²) in [5, 5.41) is 10.2. The van der Waals surface area contributed by atoms with Gasteiger partial charge in [-0.05, 0) is 31.7 Å². The smallest absolute Gasteiger partial charge is 0.259 e. The maximum Gasteiger partial charge on any atom is 0.259 e. The van der Waals surface area contributed by atoms with Crippen molar-refractivity contribution in [3.05, 3.63) is 5.73 Å². The molecule has 4 fully saturated rings. The van der Waals surface area contributed by atoms with E-state index < -0.39 is 23.2 Å². The van der Waals surface area contributed by atoms with Gasteiger partial charge in [0.25, 0.3) is 5.91 Å². The number of hydrogen-bond acceptors (Lipinski definition) is 7. The van der Waals surface area contributed by atoms with Crippen molar-refractivity contribution < 1.29 is 51.9 Å². The van der Waals surface area contributed by atoms with Crippen molar-refractivity contribution in [1.29, 1.82) is 0 Å². The molecule has 2 amide bonds. The third-order valence-electron chi connectivity index (χ3n) is 8.02. The van der Waals surface area contributed by atoms with E-state index in [0.29, 0.717) is 51.9 Å². The van der Waals surface area contributed by atoms with E-state index in [2.05, 4.69) is 12.2 Å². The number of Topliss-reactive ketones (excluding diaryl/α,β-unsaturated/α-hetero) is 2. The van der Waals surface area contributed by atoms with Crippen LogP contribution >= 0.6 is 9.90 Å². The van der Waals surface area contributed by atoms with Crippen LogP contribution in [-0.4, -0.2) is 99.3 Å². The summed E-state index contributed by atoms with van der Waals surface area (Å²) in [6, 6.07) is -1.01. The van der Waals surface area contributed by atoms with Crippen LogP contribution in [-0.2, 0) is 51.9 Å². The molecule has 201 valence electrons. The Labute approximate surface area is 243 Å². The predicted octanol–water partition coefficient (Wildman–Crippen LogP) is 1.36. The fraction of sp³-hybridized carbons (Fsp3) is 0.833. The second kappa shape index (κ2) is 12.7. The van der Waals surface area contributed by atoms with Crippen molar-refractivity contribution in [2.24, 2.45) is 0 Å². The minimum atomic E-state index is -1.17. The Kier molecular flexibility index (Phi) is 11.2. The summed E-state index contributed by atoms with van der Waals surface area (Å²) in [6.07, 6.45) is 5.79. The molecule has 0 saturated carbocycles. The van der Waals surface area contributed by atoms with Gasteiger partial charge in [-0.3, -0.25) is 34.5 Å². The predicted molar refractivity (Wildman–Crippen MR) is 137 cm³/mol. The van der Waals surface area contributed by atoms with Gasteiger partial charge in [-0.2, -0.15) is 9.90 Å². The molecule has 1 radical (unpaired) electrons. The Morgan fingerprint density at radius 3 is 2.11 bits per heavy atom. The number of hydrogen-bond donors (Lipinski definition) is 1. The summed E-state index contributed by atoms with van der Waals surface area (Å²) in [5.41, 5.74) is 6.60. The van der Waals surface area contributed by atoms with Crippen molar-refractivity contribution in [2.45, 2.75) is 95.3 Å². The van der Waals surface area contributed by atoms with E-state index in [0.717, 1.165) is 25.7 Å². The number of fused-ring (bicyclic) bond motifs is 2. The number of nitrogens with one attached hydrogen (secondary N) is 2. The fourth-order valence-electron chi connectivity index (χ4n) is 6.04. The van der Waals surface area contributed by atoms with E-state index in [4.69, 9.17) is 5.73 Å². The van der Waals surface area contributed by atoms with Crippen molar-refractivity contribution in [2.75, 3.05) is 32.7 Å². The molecule has 0 aromatic rings. The zero-order valence-corrected chi connectivity index (χ0v) is 26.3. The van der Waals surface area contributed by atoms with E-state index in [9.17, 15) is 19.2 Å². The Hall–Kier alpha value is -0.346. The van der Waals surface area contributed by atoms with Gasteiger partial charge in [0.05, 0.1) is 6.54 Å². The van der Waals surface area contributed by atoms with Crippen molar-refractivity contribution >= 4 is 33.3 Å². The van der Waals surface area contributed by atoms with E-state index >= 15 is 0 Å². The molecule has 12 heteroatoms. The molecule has 4 rings (SSSR count). The summed E-state index contributed by atoms with van der Waals surface area (Å²) >= 11 is 0. The second-order valence-electron chi connectivity index (χ2n) is 10.5. The summed E-state index contributed by atoms with van der Waals surface area (Å²) < 4.78 is 0. The van der Waals surface area contributed by atoms with Crippen molar-refractivity contribution in [1.82, 2.24) is 25.4 Å². The zero-order chi connectivity index (χ0) is 24.7. The van der Waals surface area contributed by atoms with Crippen molar-refractivity contribution in [3.8, 4) is 0 Å². The van der Waals surface area contributed by atoms with Crippen LogP contribution in [0.15, 0.2) is 0 Å². The molecule has 4 saturated heterocycles. The average molecular weight is 599 g/mol. The van der Waals surface area contributed by atoms with Crippen LogP contribution in [0.25, 0.3) is 5.73 Å². The number of carbonyl (C=O) groups is 4. The average Bonchev–Trinajstić information content (AvgIpc) is 3.52. The monoisotopic (exact) mass is 598 g/mol. The molecule has 5 unspecified atom stereocenters. The molecule has 5 atom stereocenters. The first-order valence-corrected chi connectivity index (χ1v) is 12.9. The molecule has 4 aliphatic rings. The van der Waals surface area contributed by atoms with Gasteiger partial charge >= 0.3 is 0 Å². The third kappa shape index (κ3) is 5.66. The normalized spacial score (nSPS) is 31.9. The number of rotatable bonds is 11. The van der Waals surface area contributed by atoms with Crippen LogP contribution in [0.4, 0.5) is 0 Å². The van der Waals surface area contributed by atoms with Gasteiger partial charge < -0.3 is 5.73 Å². The minimum absolute atomic E-state index is 0. The molecule has 0 bridgehead atoms. The van der Waals surface area contributed by atoms with Crippen LogP contribution in [0, 0.1) is 0 Å². The van der Waals surface area contributed by atoms with E-state index in [1.807, 2.05) is 16.9 Å². The number of hydrazine groups is 2. The van der Waals surface area contributed by atoms with Gasteiger partial charge in [-0.1, -0.05) is 46.0 Å². The van der Waals surface area contributed by atoms with Gasteiger partial charge in [-0.15, -0.1) is 0 Å². The molecule has 2 N–H and O–H groups in total. The number of ketones is 2. The Morgan fingerprint density at radius 2 is 1.50 bits per heavy atom. The number of unbranched alkanes of at least 4 members (excludes halogenated alkanes) is 2. The Morgan fingerprint density at radius 1 is 0.944 bits per heavy atom. The Balaban J connectivity index is 0.00000228. The summed E-state index contributed by atoms with van der Waals surface area (Å²) in [5.74, 6) is -0.532. The molecule has 10 nitrogen and oxygen atoms in total. The molecule has 0 aromatic carbocycles. The largest absolute Gasteiger partial charge is 0.663 e. The summed E-state index contributed by atoms with van der Waals surface area (Å²) in [4.78, 5) is 52.1. The molecular formula is C24H42N6O4PY-. The van der Waals surface area contributed by atoms with Gasteiger partial charge in [-0.25, -0.2) is 10.0 Å². The van der Waals surface area contributed by atoms with E-state index in [1.165, 1.54) is 11.9 Å². The van der Waals surface area contributed by atoms with Crippen LogP contribution in [0.3, 0.4) is 0 Å². The maximum atomic E-state index is 13.5. The molecule has 4 aliphatic heterocycles. The number of amides is 2. The molecule has 0 spiro atoms. The van der Waals surface area contributed by atoms with Gasteiger partial charge in [0.2, 0.25) is 5.91 Å². The molecule has 0 aliphatic carbocycles. The molecular weight excluding hydrogens is 556 g/mol. The van der Waals surface area contributed by atoms with Gasteiger partial charge in [0.15, 0.2) is 11.6 Å². The van der Waals surface area contributed by atoms with Crippen molar-refractivity contribution in [3.63, 3.8) is 0 Å². The first-order chi connectivity index (χ1) is 16.2.